The van der Waals surface area contributed by atoms with E-state index >= 15 is 0 Å². The van der Waals surface area contributed by atoms with Gasteiger partial charge in [0, 0.05) is 10.5 Å². The molecule has 0 aliphatic heterocycles. The van der Waals surface area contributed by atoms with Gasteiger partial charge in [0.1, 0.15) is 6.54 Å². The first-order valence-electron chi connectivity index (χ1n) is 8.45. The van der Waals surface area contributed by atoms with Crippen LogP contribution in [0.4, 0.5) is 0 Å². The number of carbonyl (C=O) groups excluding carboxylic acids is 3. The van der Waals surface area contributed by atoms with Crippen LogP contribution >= 0.6 is 15.9 Å². The zero-order chi connectivity index (χ0) is 18.2. The molecule has 136 valence electrons. The SMILES string of the molecule is C[C@@H]1CCCC[C@H]1NC(=O)COC(=O)CNC(=O)c1ccccc1Br. The van der Waals surface area contributed by atoms with E-state index in [9.17, 15) is 14.4 Å². The number of hydrogen-bond acceptors (Lipinski definition) is 4. The molecule has 0 aromatic heterocycles. The van der Waals surface area contributed by atoms with Crippen LogP contribution in [0.2, 0.25) is 0 Å². The fourth-order valence-electron chi connectivity index (χ4n) is 2.87. The van der Waals surface area contributed by atoms with E-state index in [-0.39, 0.29) is 31.0 Å². The van der Waals surface area contributed by atoms with Gasteiger partial charge in [-0.1, -0.05) is 31.9 Å². The summed E-state index contributed by atoms with van der Waals surface area (Å²) >= 11 is 3.28. The Bertz CT molecular complexity index is 635. The molecule has 2 N–H and O–H groups in total. The number of rotatable bonds is 6. The van der Waals surface area contributed by atoms with Crippen molar-refractivity contribution in [1.82, 2.24) is 10.6 Å². The molecule has 0 radical (unpaired) electrons. The highest BCUT2D eigenvalue weighted by Crippen LogP contribution is 2.23. The van der Waals surface area contributed by atoms with Gasteiger partial charge in [0.15, 0.2) is 6.61 Å². The van der Waals surface area contributed by atoms with E-state index < -0.39 is 5.97 Å². The summed E-state index contributed by atoms with van der Waals surface area (Å²) in [4.78, 5) is 35.6. The molecule has 2 amide bonds. The summed E-state index contributed by atoms with van der Waals surface area (Å²) in [6, 6.07) is 7.05. The Kier molecular flexibility index (Phi) is 7.43. The van der Waals surface area contributed by atoms with E-state index in [1.165, 1.54) is 6.42 Å². The maximum Gasteiger partial charge on any atom is 0.325 e. The second-order valence-electron chi connectivity index (χ2n) is 6.26. The smallest absolute Gasteiger partial charge is 0.325 e. The van der Waals surface area contributed by atoms with Crippen LogP contribution < -0.4 is 10.6 Å². The number of esters is 1. The lowest BCUT2D eigenvalue weighted by Gasteiger charge is -2.29. The highest BCUT2D eigenvalue weighted by atomic mass is 79.9. The average Bonchev–Trinajstić information content (AvgIpc) is 2.60. The lowest BCUT2D eigenvalue weighted by Crippen LogP contribution is -2.43. The third kappa shape index (κ3) is 6.16. The molecule has 1 aliphatic rings. The molecule has 1 saturated carbocycles. The predicted molar refractivity (Wildman–Crippen MR) is 97.0 cm³/mol. The van der Waals surface area contributed by atoms with Crippen molar-refractivity contribution in [2.24, 2.45) is 5.92 Å². The standard InChI is InChI=1S/C18H23BrN2O4/c1-12-6-2-5-9-15(12)21-16(22)11-25-17(23)10-20-18(24)13-7-3-4-8-14(13)19/h3-4,7-8,12,15H,2,5-6,9-11H2,1H3,(H,20,24)(H,21,22)/t12-,15-/m1/s1. The van der Waals surface area contributed by atoms with Crippen molar-refractivity contribution < 1.29 is 19.1 Å². The number of benzene rings is 1. The molecule has 1 aromatic rings. The first kappa shape index (κ1) is 19.4. The van der Waals surface area contributed by atoms with Crippen LogP contribution in [-0.2, 0) is 14.3 Å². The highest BCUT2D eigenvalue weighted by molar-refractivity contribution is 9.10. The normalized spacial score (nSPS) is 19.8. The summed E-state index contributed by atoms with van der Waals surface area (Å²) in [5, 5.41) is 5.39. The van der Waals surface area contributed by atoms with Gasteiger partial charge in [-0.05, 0) is 46.8 Å². The van der Waals surface area contributed by atoms with Crippen molar-refractivity contribution in [2.75, 3.05) is 13.2 Å². The maximum absolute atomic E-state index is 12.0. The summed E-state index contributed by atoms with van der Waals surface area (Å²) in [7, 11) is 0. The van der Waals surface area contributed by atoms with Gasteiger partial charge >= 0.3 is 5.97 Å². The Hall–Kier alpha value is -1.89. The fourth-order valence-corrected chi connectivity index (χ4v) is 3.33. The molecular formula is C18H23BrN2O4. The molecule has 1 aliphatic carbocycles. The van der Waals surface area contributed by atoms with Gasteiger partial charge in [0.05, 0.1) is 5.56 Å². The summed E-state index contributed by atoms with van der Waals surface area (Å²) < 4.78 is 5.56. The molecule has 0 bridgehead atoms. The second kappa shape index (κ2) is 9.56. The molecular weight excluding hydrogens is 388 g/mol. The lowest BCUT2D eigenvalue weighted by molar-refractivity contribution is -0.147. The zero-order valence-corrected chi connectivity index (χ0v) is 15.8. The molecule has 6 nitrogen and oxygen atoms in total. The molecule has 0 saturated heterocycles. The van der Waals surface area contributed by atoms with Crippen molar-refractivity contribution in [3.8, 4) is 0 Å². The van der Waals surface area contributed by atoms with Crippen molar-refractivity contribution in [1.29, 1.82) is 0 Å². The minimum absolute atomic E-state index is 0.148. The monoisotopic (exact) mass is 410 g/mol. The fraction of sp³-hybridized carbons (Fsp3) is 0.500. The van der Waals surface area contributed by atoms with Crippen LogP contribution in [0.15, 0.2) is 28.7 Å². The Morgan fingerprint density at radius 2 is 1.92 bits per heavy atom. The average molecular weight is 411 g/mol. The number of carbonyl (C=O) groups is 3. The number of nitrogens with one attached hydrogen (secondary N) is 2. The Balaban J connectivity index is 1.69. The Morgan fingerprint density at radius 1 is 1.20 bits per heavy atom. The van der Waals surface area contributed by atoms with Crippen LogP contribution in [0.3, 0.4) is 0 Å². The molecule has 1 aromatic carbocycles. The van der Waals surface area contributed by atoms with Crippen LogP contribution in [0, 0.1) is 5.92 Å². The molecule has 25 heavy (non-hydrogen) atoms. The van der Waals surface area contributed by atoms with E-state index in [4.69, 9.17) is 4.74 Å². The second-order valence-corrected chi connectivity index (χ2v) is 7.11. The van der Waals surface area contributed by atoms with E-state index in [1.54, 1.807) is 24.3 Å². The third-order valence-electron chi connectivity index (χ3n) is 4.33. The van der Waals surface area contributed by atoms with Crippen molar-refractivity contribution in [3.05, 3.63) is 34.3 Å². The molecule has 2 atom stereocenters. The van der Waals surface area contributed by atoms with Crippen LogP contribution in [0.25, 0.3) is 0 Å². The number of hydrogen-bond donors (Lipinski definition) is 2. The van der Waals surface area contributed by atoms with Gasteiger partial charge in [-0.2, -0.15) is 0 Å². The summed E-state index contributed by atoms with van der Waals surface area (Å²) in [5.41, 5.74) is 0.430. The van der Waals surface area contributed by atoms with E-state index in [0.29, 0.717) is 16.0 Å². The zero-order valence-electron chi connectivity index (χ0n) is 14.2. The van der Waals surface area contributed by atoms with E-state index in [1.807, 2.05) is 0 Å². The predicted octanol–water partition coefficient (Wildman–Crippen LogP) is 2.42. The van der Waals surface area contributed by atoms with Gasteiger partial charge in [-0.3, -0.25) is 14.4 Å². The highest BCUT2D eigenvalue weighted by Gasteiger charge is 2.23. The Morgan fingerprint density at radius 3 is 2.64 bits per heavy atom. The molecule has 0 heterocycles. The molecule has 2 rings (SSSR count). The topological polar surface area (TPSA) is 84.5 Å². The van der Waals surface area contributed by atoms with Gasteiger partial charge in [-0.15, -0.1) is 0 Å². The number of halogens is 1. The van der Waals surface area contributed by atoms with E-state index in [0.717, 1.165) is 19.3 Å². The quantitative estimate of drug-likeness (QED) is 0.705. The van der Waals surface area contributed by atoms with E-state index in [2.05, 4.69) is 33.5 Å². The lowest BCUT2D eigenvalue weighted by atomic mass is 9.86. The first-order valence-corrected chi connectivity index (χ1v) is 9.24. The van der Waals surface area contributed by atoms with Gasteiger partial charge in [-0.25, -0.2) is 0 Å². The summed E-state index contributed by atoms with van der Waals surface area (Å²) in [6.45, 7) is 1.51. The number of amides is 2. The van der Waals surface area contributed by atoms with Crippen LogP contribution in [-0.4, -0.2) is 37.0 Å². The van der Waals surface area contributed by atoms with Crippen LogP contribution in [0.1, 0.15) is 43.0 Å². The molecule has 1 fully saturated rings. The van der Waals surface area contributed by atoms with Gasteiger partial charge < -0.3 is 15.4 Å². The largest absolute Gasteiger partial charge is 0.454 e. The van der Waals surface area contributed by atoms with Crippen molar-refractivity contribution in [3.63, 3.8) is 0 Å². The Labute approximate surface area is 155 Å². The molecule has 0 spiro atoms. The summed E-state index contributed by atoms with van der Waals surface area (Å²) in [6.07, 6.45) is 4.37. The number of ether oxygens (including phenoxy) is 1. The van der Waals surface area contributed by atoms with Crippen molar-refractivity contribution >= 4 is 33.7 Å². The maximum atomic E-state index is 12.0. The van der Waals surface area contributed by atoms with Crippen LogP contribution in [0.5, 0.6) is 0 Å². The third-order valence-corrected chi connectivity index (χ3v) is 5.03. The summed E-state index contributed by atoms with van der Waals surface area (Å²) in [5.74, 6) is -0.890. The molecule has 7 heteroatoms. The molecule has 0 unspecified atom stereocenters. The van der Waals surface area contributed by atoms with Gasteiger partial charge in [0.25, 0.3) is 11.8 Å². The first-order chi connectivity index (χ1) is 12.0. The van der Waals surface area contributed by atoms with Gasteiger partial charge in [0.2, 0.25) is 0 Å². The van der Waals surface area contributed by atoms with Crippen molar-refractivity contribution in [2.45, 2.75) is 38.6 Å². The minimum atomic E-state index is -0.646. The minimum Gasteiger partial charge on any atom is -0.454 e.